The Morgan fingerprint density at radius 1 is 1.28 bits per heavy atom. The number of hydrogen-bond acceptors (Lipinski definition) is 2. The van der Waals surface area contributed by atoms with E-state index in [1.165, 1.54) is 11.0 Å². The molecule has 2 amide bonds. The third kappa shape index (κ3) is 4.41. The Bertz CT molecular complexity index is 449. The normalized spacial score (nSPS) is 10.4. The van der Waals surface area contributed by atoms with Crippen LogP contribution >= 0.6 is 0 Å². The Hall–Kier alpha value is -2.10. The van der Waals surface area contributed by atoms with Gasteiger partial charge in [-0.05, 0) is 32.1 Å². The molecule has 4 heteroatoms. The predicted molar refractivity (Wildman–Crippen MR) is 72.3 cm³/mol. The van der Waals surface area contributed by atoms with Crippen LogP contribution in [0.4, 0.5) is 5.69 Å². The smallest absolute Gasteiger partial charge is 0.246 e. The molecule has 0 aliphatic heterocycles. The summed E-state index contributed by atoms with van der Waals surface area (Å²) in [5, 5.41) is 2.74. The molecule has 0 aromatic heterocycles. The Morgan fingerprint density at radius 2 is 1.89 bits per heavy atom. The number of aryl methyl sites for hydroxylation is 1. The van der Waals surface area contributed by atoms with E-state index in [-0.39, 0.29) is 18.4 Å². The van der Waals surface area contributed by atoms with Crippen LogP contribution in [0.1, 0.15) is 12.5 Å². The molecule has 1 rings (SSSR count). The van der Waals surface area contributed by atoms with E-state index < -0.39 is 0 Å². The lowest BCUT2D eigenvalue weighted by molar-refractivity contribution is -0.129. The molecule has 1 N–H and O–H groups in total. The number of amides is 2. The maximum absolute atomic E-state index is 11.7. The number of likely N-dealkylation sites (N-methyl/N-ethyl adjacent to an activating group) is 1. The SMILES string of the molecule is C/C=C/C(=O)N(C)CC(=O)Nc1ccc(C)cc1. The van der Waals surface area contributed by atoms with Gasteiger partial charge < -0.3 is 10.2 Å². The maximum Gasteiger partial charge on any atom is 0.246 e. The van der Waals surface area contributed by atoms with Crippen molar-refractivity contribution in [3.05, 3.63) is 42.0 Å². The van der Waals surface area contributed by atoms with Gasteiger partial charge in [0.1, 0.15) is 0 Å². The molecule has 0 unspecified atom stereocenters. The van der Waals surface area contributed by atoms with Crippen LogP contribution in [0.5, 0.6) is 0 Å². The van der Waals surface area contributed by atoms with Crippen molar-refractivity contribution >= 4 is 17.5 Å². The van der Waals surface area contributed by atoms with Crippen LogP contribution < -0.4 is 5.32 Å². The van der Waals surface area contributed by atoms with E-state index in [2.05, 4.69) is 5.32 Å². The highest BCUT2D eigenvalue weighted by Crippen LogP contribution is 2.08. The van der Waals surface area contributed by atoms with Gasteiger partial charge in [0.05, 0.1) is 6.54 Å². The van der Waals surface area contributed by atoms with Gasteiger partial charge in [0.15, 0.2) is 0 Å². The average Bonchev–Trinajstić information content (AvgIpc) is 2.32. The topological polar surface area (TPSA) is 49.4 Å². The highest BCUT2D eigenvalue weighted by Gasteiger charge is 2.10. The van der Waals surface area contributed by atoms with Crippen molar-refractivity contribution in [3.63, 3.8) is 0 Å². The van der Waals surface area contributed by atoms with Gasteiger partial charge in [0, 0.05) is 12.7 Å². The molecule has 0 heterocycles. The standard InChI is InChI=1S/C14H18N2O2/c1-4-5-14(18)16(3)10-13(17)15-12-8-6-11(2)7-9-12/h4-9H,10H2,1-3H3,(H,15,17)/b5-4+. The molecule has 96 valence electrons. The monoisotopic (exact) mass is 246 g/mol. The molecular formula is C14H18N2O2. The van der Waals surface area contributed by atoms with Crippen LogP contribution in [0, 0.1) is 6.92 Å². The largest absolute Gasteiger partial charge is 0.333 e. The summed E-state index contributed by atoms with van der Waals surface area (Å²) in [4.78, 5) is 24.5. The van der Waals surface area contributed by atoms with Crippen LogP contribution in [-0.4, -0.2) is 30.3 Å². The predicted octanol–water partition coefficient (Wildman–Crippen LogP) is 1.97. The van der Waals surface area contributed by atoms with E-state index in [0.717, 1.165) is 11.3 Å². The molecule has 0 aliphatic rings. The molecule has 0 atom stereocenters. The molecule has 0 radical (unpaired) electrons. The average molecular weight is 246 g/mol. The van der Waals surface area contributed by atoms with E-state index in [4.69, 9.17) is 0 Å². The van der Waals surface area contributed by atoms with Crippen molar-refractivity contribution in [1.82, 2.24) is 4.90 Å². The quantitative estimate of drug-likeness (QED) is 0.826. The van der Waals surface area contributed by atoms with E-state index in [1.54, 1.807) is 20.0 Å². The van der Waals surface area contributed by atoms with E-state index >= 15 is 0 Å². The molecule has 0 spiro atoms. The highest BCUT2D eigenvalue weighted by atomic mass is 16.2. The van der Waals surface area contributed by atoms with E-state index in [9.17, 15) is 9.59 Å². The maximum atomic E-state index is 11.7. The molecule has 4 nitrogen and oxygen atoms in total. The molecule has 1 aromatic rings. The van der Waals surface area contributed by atoms with Gasteiger partial charge in [-0.25, -0.2) is 0 Å². The molecule has 0 saturated heterocycles. The third-order valence-corrected chi connectivity index (χ3v) is 2.40. The van der Waals surface area contributed by atoms with Crippen molar-refractivity contribution in [1.29, 1.82) is 0 Å². The number of benzene rings is 1. The zero-order chi connectivity index (χ0) is 13.5. The van der Waals surface area contributed by atoms with Crippen molar-refractivity contribution < 1.29 is 9.59 Å². The van der Waals surface area contributed by atoms with Crippen molar-refractivity contribution in [2.24, 2.45) is 0 Å². The Labute approximate surface area is 107 Å². The van der Waals surface area contributed by atoms with E-state index in [0.29, 0.717) is 0 Å². The zero-order valence-corrected chi connectivity index (χ0v) is 10.9. The lowest BCUT2D eigenvalue weighted by atomic mass is 10.2. The zero-order valence-electron chi connectivity index (χ0n) is 10.9. The first-order chi connectivity index (χ1) is 8.52. The second-order valence-electron chi connectivity index (χ2n) is 4.11. The molecule has 0 bridgehead atoms. The second-order valence-corrected chi connectivity index (χ2v) is 4.11. The molecule has 0 aliphatic carbocycles. The summed E-state index contributed by atoms with van der Waals surface area (Å²) in [7, 11) is 1.59. The molecule has 0 fully saturated rings. The van der Waals surface area contributed by atoms with Gasteiger partial charge in [-0.1, -0.05) is 23.8 Å². The number of allylic oxidation sites excluding steroid dienone is 1. The number of carbonyl (C=O) groups is 2. The molecule has 0 saturated carbocycles. The molecule has 18 heavy (non-hydrogen) atoms. The fourth-order valence-electron chi connectivity index (χ4n) is 1.40. The highest BCUT2D eigenvalue weighted by molar-refractivity contribution is 5.96. The van der Waals surface area contributed by atoms with Crippen molar-refractivity contribution in [2.45, 2.75) is 13.8 Å². The van der Waals surface area contributed by atoms with Crippen LogP contribution in [0.25, 0.3) is 0 Å². The summed E-state index contributed by atoms with van der Waals surface area (Å²) >= 11 is 0. The van der Waals surface area contributed by atoms with Gasteiger partial charge in [-0.2, -0.15) is 0 Å². The minimum atomic E-state index is -0.209. The molecule has 1 aromatic carbocycles. The van der Waals surface area contributed by atoms with Crippen LogP contribution in [0.2, 0.25) is 0 Å². The summed E-state index contributed by atoms with van der Waals surface area (Å²) in [6.07, 6.45) is 3.08. The fourth-order valence-corrected chi connectivity index (χ4v) is 1.40. The van der Waals surface area contributed by atoms with Gasteiger partial charge in [-0.3, -0.25) is 9.59 Å². The Kier molecular flexibility index (Phi) is 5.11. The summed E-state index contributed by atoms with van der Waals surface area (Å²) < 4.78 is 0. The van der Waals surface area contributed by atoms with Crippen LogP contribution in [0.3, 0.4) is 0 Å². The first-order valence-electron chi connectivity index (χ1n) is 5.77. The van der Waals surface area contributed by atoms with Crippen molar-refractivity contribution in [3.8, 4) is 0 Å². The number of anilines is 1. The Balaban J connectivity index is 2.51. The first kappa shape index (κ1) is 14.0. The van der Waals surface area contributed by atoms with E-state index in [1.807, 2.05) is 31.2 Å². The van der Waals surface area contributed by atoms with Gasteiger partial charge >= 0.3 is 0 Å². The van der Waals surface area contributed by atoms with Crippen LogP contribution in [-0.2, 0) is 9.59 Å². The lowest BCUT2D eigenvalue weighted by Gasteiger charge is -2.14. The summed E-state index contributed by atoms with van der Waals surface area (Å²) in [6, 6.07) is 7.51. The minimum absolute atomic E-state index is 0.0387. The van der Waals surface area contributed by atoms with Gasteiger partial charge in [-0.15, -0.1) is 0 Å². The summed E-state index contributed by atoms with van der Waals surface area (Å²) in [5.74, 6) is -0.393. The van der Waals surface area contributed by atoms with Gasteiger partial charge in [0.25, 0.3) is 0 Å². The minimum Gasteiger partial charge on any atom is -0.333 e. The molecular weight excluding hydrogens is 228 g/mol. The van der Waals surface area contributed by atoms with Gasteiger partial charge in [0.2, 0.25) is 11.8 Å². The third-order valence-electron chi connectivity index (χ3n) is 2.40. The number of carbonyl (C=O) groups excluding carboxylic acids is 2. The lowest BCUT2D eigenvalue weighted by Crippen LogP contribution is -2.33. The second kappa shape index (κ2) is 6.59. The summed E-state index contributed by atoms with van der Waals surface area (Å²) in [6.45, 7) is 3.78. The number of nitrogens with one attached hydrogen (secondary N) is 1. The Morgan fingerprint density at radius 3 is 2.44 bits per heavy atom. The number of nitrogens with zero attached hydrogens (tertiary/aromatic N) is 1. The number of rotatable bonds is 4. The van der Waals surface area contributed by atoms with Crippen molar-refractivity contribution in [2.75, 3.05) is 18.9 Å². The first-order valence-corrected chi connectivity index (χ1v) is 5.77. The van der Waals surface area contributed by atoms with Crippen LogP contribution in [0.15, 0.2) is 36.4 Å². The summed E-state index contributed by atoms with van der Waals surface area (Å²) in [5.41, 5.74) is 1.87. The number of hydrogen-bond donors (Lipinski definition) is 1. The fraction of sp³-hybridized carbons (Fsp3) is 0.286.